The highest BCUT2D eigenvalue weighted by atomic mass is 16.5. The molecule has 0 saturated carbocycles. The van der Waals surface area contributed by atoms with Crippen LogP contribution in [0.2, 0.25) is 0 Å². The molecule has 0 radical (unpaired) electrons. The number of hydrogen-bond donors (Lipinski definition) is 1. The third-order valence-electron chi connectivity index (χ3n) is 5.23. The smallest absolute Gasteiger partial charge is 0.241 e. The summed E-state index contributed by atoms with van der Waals surface area (Å²) in [6.45, 7) is 1.52. The van der Waals surface area contributed by atoms with E-state index < -0.39 is 0 Å². The number of benzene rings is 1. The van der Waals surface area contributed by atoms with Crippen molar-refractivity contribution >= 4 is 22.5 Å². The molecular weight excluding hydrogens is 330 g/mol. The molecule has 3 heterocycles. The summed E-state index contributed by atoms with van der Waals surface area (Å²) in [6.07, 6.45) is 5.61. The SMILES string of the molecule is COC[C@@H]1CCCN1N1C(=O)CCC=C1c1cc2cc(OC)ccc2[nH]1. The number of aromatic amines is 1. The van der Waals surface area contributed by atoms with E-state index in [1.807, 2.05) is 23.2 Å². The van der Waals surface area contributed by atoms with Crippen molar-refractivity contribution < 1.29 is 14.3 Å². The molecule has 138 valence electrons. The molecule has 1 amide bonds. The number of ether oxygens (including phenoxy) is 2. The number of rotatable bonds is 5. The molecule has 2 aliphatic heterocycles. The Balaban J connectivity index is 1.71. The van der Waals surface area contributed by atoms with Crippen LogP contribution in [-0.2, 0) is 9.53 Å². The Morgan fingerprint density at radius 1 is 1.27 bits per heavy atom. The maximum Gasteiger partial charge on any atom is 0.241 e. The van der Waals surface area contributed by atoms with Crippen LogP contribution in [0.25, 0.3) is 16.6 Å². The molecule has 26 heavy (non-hydrogen) atoms. The Bertz CT molecular complexity index is 842. The summed E-state index contributed by atoms with van der Waals surface area (Å²) in [4.78, 5) is 16.3. The highest BCUT2D eigenvalue weighted by Gasteiger charge is 2.36. The van der Waals surface area contributed by atoms with Crippen molar-refractivity contribution in [2.45, 2.75) is 31.7 Å². The predicted molar refractivity (Wildman–Crippen MR) is 101 cm³/mol. The van der Waals surface area contributed by atoms with Crippen LogP contribution in [0.15, 0.2) is 30.3 Å². The van der Waals surface area contributed by atoms with Gasteiger partial charge >= 0.3 is 0 Å². The highest BCUT2D eigenvalue weighted by Crippen LogP contribution is 2.33. The van der Waals surface area contributed by atoms with Crippen molar-refractivity contribution in [2.24, 2.45) is 0 Å². The quantitative estimate of drug-likeness (QED) is 0.895. The lowest BCUT2D eigenvalue weighted by Crippen LogP contribution is -2.50. The second-order valence-corrected chi connectivity index (χ2v) is 6.88. The third-order valence-corrected chi connectivity index (χ3v) is 5.23. The largest absolute Gasteiger partial charge is 0.497 e. The van der Waals surface area contributed by atoms with Crippen molar-refractivity contribution in [2.75, 3.05) is 27.4 Å². The van der Waals surface area contributed by atoms with Crippen LogP contribution in [-0.4, -0.2) is 54.3 Å². The summed E-state index contributed by atoms with van der Waals surface area (Å²) in [6, 6.07) is 8.30. The van der Waals surface area contributed by atoms with Crippen LogP contribution in [0.5, 0.6) is 5.75 Å². The lowest BCUT2D eigenvalue weighted by atomic mass is 10.1. The number of carbonyl (C=O) groups excluding carboxylic acids is 1. The van der Waals surface area contributed by atoms with Gasteiger partial charge in [0.2, 0.25) is 5.91 Å². The number of nitrogens with one attached hydrogen (secondary N) is 1. The minimum absolute atomic E-state index is 0.154. The molecule has 1 saturated heterocycles. The molecule has 0 bridgehead atoms. The first-order chi connectivity index (χ1) is 12.7. The number of carbonyl (C=O) groups is 1. The number of aromatic nitrogens is 1. The van der Waals surface area contributed by atoms with E-state index in [1.165, 1.54) is 0 Å². The minimum Gasteiger partial charge on any atom is -0.497 e. The van der Waals surface area contributed by atoms with Crippen LogP contribution in [0.4, 0.5) is 0 Å². The van der Waals surface area contributed by atoms with Crippen LogP contribution < -0.4 is 4.74 Å². The average molecular weight is 355 g/mol. The van der Waals surface area contributed by atoms with Crippen LogP contribution in [0.1, 0.15) is 31.4 Å². The van der Waals surface area contributed by atoms with Gasteiger partial charge in [-0.25, -0.2) is 10.0 Å². The van der Waals surface area contributed by atoms with Gasteiger partial charge in [0.15, 0.2) is 0 Å². The first kappa shape index (κ1) is 17.1. The molecule has 1 N–H and O–H groups in total. The van der Waals surface area contributed by atoms with Gasteiger partial charge in [-0.05, 0) is 43.5 Å². The Hall–Kier alpha value is -2.31. The number of H-pyrrole nitrogens is 1. The number of methoxy groups -OCH3 is 2. The first-order valence-electron chi connectivity index (χ1n) is 9.17. The minimum atomic E-state index is 0.154. The second-order valence-electron chi connectivity index (χ2n) is 6.88. The molecule has 0 aliphatic carbocycles. The van der Waals surface area contributed by atoms with E-state index in [9.17, 15) is 4.79 Å². The Kier molecular flexibility index (Phi) is 4.70. The molecule has 1 atom stereocenters. The fourth-order valence-electron chi connectivity index (χ4n) is 3.99. The standard InChI is InChI=1S/C20H25N3O3/c1-25-13-15-5-4-10-22(15)23-19(6-3-7-20(23)24)18-12-14-11-16(26-2)8-9-17(14)21-18/h6,8-9,11-12,15,21H,3-5,7,10,13H2,1-2H3/t15-/m0/s1. The van der Waals surface area contributed by atoms with Crippen molar-refractivity contribution in [1.29, 1.82) is 0 Å². The molecule has 2 aromatic rings. The van der Waals surface area contributed by atoms with Gasteiger partial charge in [-0.1, -0.05) is 6.08 Å². The molecule has 0 spiro atoms. The molecule has 0 unspecified atom stereocenters. The molecule has 6 nitrogen and oxygen atoms in total. The van der Waals surface area contributed by atoms with Gasteiger partial charge in [0.25, 0.3) is 0 Å². The number of amides is 1. The van der Waals surface area contributed by atoms with Gasteiger partial charge in [-0.2, -0.15) is 0 Å². The number of fused-ring (bicyclic) bond motifs is 1. The number of allylic oxidation sites excluding steroid dienone is 1. The summed E-state index contributed by atoms with van der Waals surface area (Å²) < 4.78 is 10.7. The lowest BCUT2D eigenvalue weighted by molar-refractivity contribution is -0.144. The van der Waals surface area contributed by atoms with Gasteiger partial charge < -0.3 is 14.5 Å². The maximum absolute atomic E-state index is 12.8. The topological polar surface area (TPSA) is 57.8 Å². The first-order valence-corrected chi connectivity index (χ1v) is 9.17. The Morgan fingerprint density at radius 2 is 2.15 bits per heavy atom. The van der Waals surface area contributed by atoms with E-state index in [-0.39, 0.29) is 11.9 Å². The van der Waals surface area contributed by atoms with E-state index >= 15 is 0 Å². The summed E-state index contributed by atoms with van der Waals surface area (Å²) in [5.41, 5.74) is 2.94. The van der Waals surface area contributed by atoms with Crippen LogP contribution >= 0.6 is 0 Å². The van der Waals surface area contributed by atoms with Gasteiger partial charge in [0.05, 0.1) is 31.1 Å². The monoisotopic (exact) mass is 355 g/mol. The fourth-order valence-corrected chi connectivity index (χ4v) is 3.99. The lowest BCUT2D eigenvalue weighted by Gasteiger charge is -2.38. The zero-order valence-electron chi connectivity index (χ0n) is 15.3. The Morgan fingerprint density at radius 3 is 2.96 bits per heavy atom. The van der Waals surface area contributed by atoms with Gasteiger partial charge in [-0.3, -0.25) is 4.79 Å². The predicted octanol–water partition coefficient (Wildman–Crippen LogP) is 3.17. The third kappa shape index (κ3) is 2.99. The molecule has 1 fully saturated rings. The highest BCUT2D eigenvalue weighted by molar-refractivity contribution is 5.91. The molecule has 6 heteroatoms. The molecular formula is C20H25N3O3. The van der Waals surface area contributed by atoms with Crippen molar-refractivity contribution in [3.63, 3.8) is 0 Å². The van der Waals surface area contributed by atoms with Crippen molar-refractivity contribution in [3.05, 3.63) is 36.0 Å². The summed E-state index contributed by atoms with van der Waals surface area (Å²) in [5, 5.41) is 5.14. The van der Waals surface area contributed by atoms with Gasteiger partial charge in [-0.15, -0.1) is 0 Å². The summed E-state index contributed by atoms with van der Waals surface area (Å²) in [5.74, 6) is 0.982. The number of hydrazine groups is 1. The maximum atomic E-state index is 12.8. The average Bonchev–Trinajstić information content (AvgIpc) is 3.27. The number of nitrogens with zero attached hydrogens (tertiary/aromatic N) is 2. The van der Waals surface area contributed by atoms with Crippen LogP contribution in [0.3, 0.4) is 0 Å². The van der Waals surface area contributed by atoms with Gasteiger partial charge in [0, 0.05) is 31.0 Å². The van der Waals surface area contributed by atoms with Crippen molar-refractivity contribution in [3.8, 4) is 5.75 Å². The van der Waals surface area contributed by atoms with E-state index in [2.05, 4.69) is 22.1 Å². The molecule has 1 aromatic carbocycles. The van der Waals surface area contributed by atoms with Gasteiger partial charge in [0.1, 0.15) is 5.75 Å². The normalized spacial score (nSPS) is 21.5. The van der Waals surface area contributed by atoms with Crippen LogP contribution in [0, 0.1) is 0 Å². The van der Waals surface area contributed by atoms with E-state index in [1.54, 1.807) is 14.2 Å². The zero-order chi connectivity index (χ0) is 18.1. The fraction of sp³-hybridized carbons (Fsp3) is 0.450. The summed E-state index contributed by atoms with van der Waals surface area (Å²) in [7, 11) is 3.39. The molecule has 4 rings (SSSR count). The van der Waals surface area contributed by atoms with E-state index in [0.29, 0.717) is 13.0 Å². The van der Waals surface area contributed by atoms with E-state index in [4.69, 9.17) is 9.47 Å². The van der Waals surface area contributed by atoms with E-state index in [0.717, 1.165) is 53.9 Å². The molecule has 2 aliphatic rings. The number of hydrogen-bond acceptors (Lipinski definition) is 4. The Labute approximate surface area is 153 Å². The van der Waals surface area contributed by atoms with Crippen molar-refractivity contribution in [1.82, 2.24) is 15.0 Å². The second kappa shape index (κ2) is 7.13. The summed E-state index contributed by atoms with van der Waals surface area (Å²) >= 11 is 0. The molecule has 1 aromatic heterocycles. The zero-order valence-corrected chi connectivity index (χ0v) is 15.3.